The topological polar surface area (TPSA) is 24.5 Å². The summed E-state index contributed by atoms with van der Waals surface area (Å²) in [5.74, 6) is -0.00410. The smallest absolute Gasteiger partial charge is 0.165 e. The van der Waals surface area contributed by atoms with Crippen molar-refractivity contribution in [3.05, 3.63) is 29.6 Å². The van der Waals surface area contributed by atoms with E-state index in [0.29, 0.717) is 11.8 Å². The molecule has 0 aromatic heterocycles. The Morgan fingerprint density at radius 3 is 2.48 bits per heavy atom. The van der Waals surface area contributed by atoms with Crippen LogP contribution < -0.4 is 10.1 Å². The minimum Gasteiger partial charge on any atom is -0.494 e. The predicted octanol–water partition coefficient (Wildman–Crippen LogP) is 3.29. The first-order chi connectivity index (χ1) is 9.77. The largest absolute Gasteiger partial charge is 0.494 e. The van der Waals surface area contributed by atoms with E-state index < -0.39 is 0 Å². The number of nitrogens with zero attached hydrogens (tertiary/aromatic N) is 1. The van der Waals surface area contributed by atoms with Crippen LogP contribution in [0.5, 0.6) is 5.75 Å². The summed E-state index contributed by atoms with van der Waals surface area (Å²) in [6.45, 7) is 8.44. The summed E-state index contributed by atoms with van der Waals surface area (Å²) in [4.78, 5) is 2.22. The maximum Gasteiger partial charge on any atom is 0.165 e. The van der Waals surface area contributed by atoms with Gasteiger partial charge in [-0.2, -0.15) is 0 Å². The molecule has 1 N–H and O–H groups in total. The summed E-state index contributed by atoms with van der Waals surface area (Å²) in [6, 6.07) is 5.61. The third-order valence-electron chi connectivity index (χ3n) is 3.86. The highest BCUT2D eigenvalue weighted by Gasteiger charge is 2.22. The molecule has 1 aromatic carbocycles. The second kappa shape index (κ2) is 7.76. The molecule has 0 aliphatic heterocycles. The molecule has 120 valence electrons. The van der Waals surface area contributed by atoms with E-state index in [9.17, 15) is 4.39 Å². The molecule has 0 saturated heterocycles. The van der Waals surface area contributed by atoms with Gasteiger partial charge in [0.05, 0.1) is 7.11 Å². The third kappa shape index (κ3) is 5.64. The van der Waals surface area contributed by atoms with Crippen LogP contribution in [0.1, 0.15) is 32.8 Å². The highest BCUT2D eigenvalue weighted by molar-refractivity contribution is 5.29. The van der Waals surface area contributed by atoms with Gasteiger partial charge in [-0.1, -0.05) is 26.8 Å². The standard InChI is InChI=1S/C17H29FN2O/c1-17(2,3)16(19-4)9-10-20(5)12-13-7-8-15(21-6)14(18)11-13/h7-8,11,16,19H,9-10,12H2,1-6H3. The van der Waals surface area contributed by atoms with Gasteiger partial charge in [0.15, 0.2) is 11.6 Å². The maximum absolute atomic E-state index is 13.7. The molecule has 3 nitrogen and oxygen atoms in total. The van der Waals surface area contributed by atoms with E-state index in [-0.39, 0.29) is 11.2 Å². The first-order valence-corrected chi connectivity index (χ1v) is 7.46. The van der Waals surface area contributed by atoms with Gasteiger partial charge in [-0.3, -0.25) is 0 Å². The SMILES string of the molecule is CNC(CCN(C)Cc1ccc(OC)c(F)c1)C(C)(C)C. The molecule has 1 aromatic rings. The fourth-order valence-electron chi connectivity index (χ4n) is 2.56. The molecule has 0 spiro atoms. The summed E-state index contributed by atoms with van der Waals surface area (Å²) in [6.07, 6.45) is 1.06. The number of nitrogens with one attached hydrogen (secondary N) is 1. The lowest BCUT2D eigenvalue weighted by Gasteiger charge is -2.32. The van der Waals surface area contributed by atoms with E-state index >= 15 is 0 Å². The van der Waals surface area contributed by atoms with Gasteiger partial charge < -0.3 is 15.0 Å². The minimum atomic E-state index is -0.300. The van der Waals surface area contributed by atoms with Gasteiger partial charge in [0, 0.05) is 12.6 Å². The second-order valence-electron chi connectivity index (χ2n) is 6.70. The molecule has 1 rings (SSSR count). The van der Waals surface area contributed by atoms with Crippen molar-refractivity contribution in [3.8, 4) is 5.75 Å². The molecule has 0 radical (unpaired) electrons. The molecular weight excluding hydrogens is 267 g/mol. The van der Waals surface area contributed by atoms with E-state index in [1.165, 1.54) is 7.11 Å². The van der Waals surface area contributed by atoms with Crippen LogP contribution in [0.4, 0.5) is 4.39 Å². The van der Waals surface area contributed by atoms with Crippen LogP contribution in [0.15, 0.2) is 18.2 Å². The first kappa shape index (κ1) is 17.9. The molecule has 1 unspecified atom stereocenters. The quantitative estimate of drug-likeness (QED) is 0.835. The van der Waals surface area contributed by atoms with E-state index in [2.05, 4.69) is 38.0 Å². The summed E-state index contributed by atoms with van der Waals surface area (Å²) in [5, 5.41) is 3.38. The zero-order chi connectivity index (χ0) is 16.0. The molecule has 21 heavy (non-hydrogen) atoms. The molecule has 0 fully saturated rings. The van der Waals surface area contributed by atoms with Crippen molar-refractivity contribution in [2.24, 2.45) is 5.41 Å². The van der Waals surface area contributed by atoms with E-state index in [1.807, 2.05) is 13.1 Å². The van der Waals surface area contributed by atoms with Gasteiger partial charge in [-0.25, -0.2) is 4.39 Å². The van der Waals surface area contributed by atoms with E-state index in [0.717, 1.165) is 25.1 Å². The average molecular weight is 296 g/mol. The Morgan fingerprint density at radius 2 is 2.00 bits per heavy atom. The predicted molar refractivity (Wildman–Crippen MR) is 86.2 cm³/mol. The van der Waals surface area contributed by atoms with Gasteiger partial charge in [0.2, 0.25) is 0 Å². The number of methoxy groups -OCH3 is 1. The second-order valence-corrected chi connectivity index (χ2v) is 6.70. The van der Waals surface area contributed by atoms with Gasteiger partial charge >= 0.3 is 0 Å². The molecule has 0 amide bonds. The van der Waals surface area contributed by atoms with Crippen LogP contribution in [0.2, 0.25) is 0 Å². The van der Waals surface area contributed by atoms with Gasteiger partial charge in [-0.05, 0) is 50.2 Å². The Morgan fingerprint density at radius 1 is 1.33 bits per heavy atom. The number of rotatable bonds is 7. The molecular formula is C17H29FN2O. The van der Waals surface area contributed by atoms with Gasteiger partial charge in [-0.15, -0.1) is 0 Å². The molecule has 0 bridgehead atoms. The van der Waals surface area contributed by atoms with Crippen molar-refractivity contribution in [3.63, 3.8) is 0 Å². The molecule has 0 aliphatic carbocycles. The van der Waals surface area contributed by atoms with Crippen LogP contribution in [0, 0.1) is 11.2 Å². The van der Waals surface area contributed by atoms with Crippen LogP contribution in [-0.4, -0.2) is 38.7 Å². The maximum atomic E-state index is 13.7. The van der Waals surface area contributed by atoms with Crippen LogP contribution in [-0.2, 0) is 6.54 Å². The molecule has 0 heterocycles. The van der Waals surface area contributed by atoms with Crippen molar-refractivity contribution < 1.29 is 9.13 Å². The number of benzene rings is 1. The summed E-state index contributed by atoms with van der Waals surface area (Å²) >= 11 is 0. The fraction of sp³-hybridized carbons (Fsp3) is 0.647. The summed E-state index contributed by atoms with van der Waals surface area (Å²) in [7, 11) is 5.56. The van der Waals surface area contributed by atoms with Crippen LogP contribution in [0.3, 0.4) is 0 Å². The molecule has 0 saturated carbocycles. The lowest BCUT2D eigenvalue weighted by Crippen LogP contribution is -2.40. The lowest BCUT2D eigenvalue weighted by molar-refractivity contribution is 0.227. The Hall–Kier alpha value is -1.13. The highest BCUT2D eigenvalue weighted by Crippen LogP contribution is 2.22. The number of halogens is 1. The van der Waals surface area contributed by atoms with Crippen molar-refractivity contribution in [2.45, 2.75) is 39.8 Å². The van der Waals surface area contributed by atoms with Crippen LogP contribution >= 0.6 is 0 Å². The van der Waals surface area contributed by atoms with Gasteiger partial charge in [0.25, 0.3) is 0 Å². The number of hydrogen-bond donors (Lipinski definition) is 1. The molecule has 0 aliphatic rings. The number of ether oxygens (including phenoxy) is 1. The average Bonchev–Trinajstić information content (AvgIpc) is 2.38. The number of hydrogen-bond acceptors (Lipinski definition) is 3. The Bertz CT molecular complexity index is 443. The zero-order valence-corrected chi connectivity index (χ0v) is 14.2. The monoisotopic (exact) mass is 296 g/mol. The Kier molecular flexibility index (Phi) is 6.62. The Balaban J connectivity index is 2.54. The minimum absolute atomic E-state index is 0.238. The van der Waals surface area contributed by atoms with Crippen molar-refractivity contribution >= 4 is 0 Å². The van der Waals surface area contributed by atoms with E-state index in [4.69, 9.17) is 4.74 Å². The molecule has 1 atom stereocenters. The molecule has 4 heteroatoms. The summed E-state index contributed by atoms with van der Waals surface area (Å²) in [5.41, 5.74) is 1.20. The van der Waals surface area contributed by atoms with E-state index in [1.54, 1.807) is 12.1 Å². The van der Waals surface area contributed by atoms with Crippen molar-refractivity contribution in [2.75, 3.05) is 27.7 Å². The zero-order valence-electron chi connectivity index (χ0n) is 14.2. The van der Waals surface area contributed by atoms with Crippen molar-refractivity contribution in [1.29, 1.82) is 0 Å². The summed E-state index contributed by atoms with van der Waals surface area (Å²) < 4.78 is 18.6. The third-order valence-corrected chi connectivity index (χ3v) is 3.86. The van der Waals surface area contributed by atoms with Gasteiger partial charge in [0.1, 0.15) is 0 Å². The normalized spacial score (nSPS) is 13.5. The highest BCUT2D eigenvalue weighted by atomic mass is 19.1. The lowest BCUT2D eigenvalue weighted by atomic mass is 9.85. The first-order valence-electron chi connectivity index (χ1n) is 7.46. The van der Waals surface area contributed by atoms with Crippen molar-refractivity contribution in [1.82, 2.24) is 10.2 Å². The fourth-order valence-corrected chi connectivity index (χ4v) is 2.56. The van der Waals surface area contributed by atoms with Crippen LogP contribution in [0.25, 0.3) is 0 Å². The Labute approximate surface area is 128 Å².